The fourth-order valence-corrected chi connectivity index (χ4v) is 3.01. The highest BCUT2D eigenvalue weighted by molar-refractivity contribution is 7.17. The van der Waals surface area contributed by atoms with E-state index in [1.54, 1.807) is 0 Å². The number of piperidine rings is 1. The number of ether oxygens (including phenoxy) is 1. The summed E-state index contributed by atoms with van der Waals surface area (Å²) in [4.78, 5) is 35.9. The fourth-order valence-electron chi connectivity index (χ4n) is 2.24. The van der Waals surface area contributed by atoms with Crippen molar-refractivity contribution in [1.82, 2.24) is 4.90 Å². The average molecular weight is 298 g/mol. The third kappa shape index (κ3) is 2.79. The molecule has 0 spiro atoms. The van der Waals surface area contributed by atoms with Gasteiger partial charge in [-0.05, 0) is 25.3 Å². The Bertz CT molecular complexity index is 542. The maximum absolute atomic E-state index is 12.4. The number of carbonyl (C=O) groups is 2. The van der Waals surface area contributed by atoms with Crippen molar-refractivity contribution in [2.24, 2.45) is 0 Å². The molecule has 0 bridgehead atoms. The van der Waals surface area contributed by atoms with Crippen LogP contribution in [0, 0.1) is 10.1 Å². The van der Waals surface area contributed by atoms with Crippen LogP contribution in [0.3, 0.4) is 0 Å². The molecule has 1 aromatic rings. The lowest BCUT2D eigenvalue weighted by Gasteiger charge is -2.33. The molecule has 1 fully saturated rings. The third-order valence-electron chi connectivity index (χ3n) is 3.22. The molecule has 1 aromatic heterocycles. The van der Waals surface area contributed by atoms with Crippen LogP contribution in [0.4, 0.5) is 5.00 Å². The molecule has 108 valence electrons. The Morgan fingerprint density at radius 1 is 1.45 bits per heavy atom. The Balaban J connectivity index is 2.20. The molecule has 20 heavy (non-hydrogen) atoms. The highest BCUT2D eigenvalue weighted by Crippen LogP contribution is 2.27. The van der Waals surface area contributed by atoms with Crippen molar-refractivity contribution in [1.29, 1.82) is 0 Å². The number of thiophene rings is 1. The van der Waals surface area contributed by atoms with Gasteiger partial charge in [0.1, 0.15) is 6.04 Å². The highest BCUT2D eigenvalue weighted by atomic mass is 32.1. The standard InChI is InChI=1S/C12H14N2O5S/c1-19-12(16)8-4-2-3-7-13(8)11(15)9-5-6-10(20-9)14(17)18/h5-6,8H,2-4,7H2,1H3/t8-/m1/s1. The van der Waals surface area contributed by atoms with E-state index in [9.17, 15) is 19.7 Å². The summed E-state index contributed by atoms with van der Waals surface area (Å²) in [5.74, 6) is -0.790. The number of nitro groups is 1. The molecule has 0 aromatic carbocycles. The van der Waals surface area contributed by atoms with E-state index in [0.717, 1.165) is 24.2 Å². The van der Waals surface area contributed by atoms with E-state index < -0.39 is 16.9 Å². The van der Waals surface area contributed by atoms with Gasteiger partial charge in [-0.3, -0.25) is 14.9 Å². The second-order valence-electron chi connectivity index (χ2n) is 4.43. The smallest absolute Gasteiger partial charge is 0.328 e. The van der Waals surface area contributed by atoms with Gasteiger partial charge in [-0.1, -0.05) is 11.3 Å². The van der Waals surface area contributed by atoms with Crippen LogP contribution in [0.1, 0.15) is 28.9 Å². The molecule has 0 radical (unpaired) electrons. The Morgan fingerprint density at radius 2 is 2.20 bits per heavy atom. The number of carbonyl (C=O) groups excluding carboxylic acids is 2. The predicted molar refractivity (Wildman–Crippen MR) is 71.7 cm³/mol. The van der Waals surface area contributed by atoms with Gasteiger partial charge >= 0.3 is 11.0 Å². The van der Waals surface area contributed by atoms with Crippen LogP contribution in [0.25, 0.3) is 0 Å². The molecule has 1 aliphatic heterocycles. The molecule has 2 heterocycles. The molecular formula is C12H14N2O5S. The van der Waals surface area contributed by atoms with E-state index in [-0.39, 0.29) is 15.8 Å². The normalized spacial score (nSPS) is 18.6. The molecule has 0 N–H and O–H groups in total. The topological polar surface area (TPSA) is 89.8 Å². The second-order valence-corrected chi connectivity index (χ2v) is 5.49. The van der Waals surface area contributed by atoms with E-state index in [0.29, 0.717) is 13.0 Å². The lowest BCUT2D eigenvalue weighted by Crippen LogP contribution is -2.48. The molecule has 8 heteroatoms. The van der Waals surface area contributed by atoms with Crippen molar-refractivity contribution in [3.8, 4) is 0 Å². The molecule has 1 atom stereocenters. The average Bonchev–Trinajstić information content (AvgIpc) is 2.95. The van der Waals surface area contributed by atoms with E-state index >= 15 is 0 Å². The van der Waals surface area contributed by atoms with Crippen molar-refractivity contribution < 1.29 is 19.2 Å². The zero-order valence-corrected chi connectivity index (χ0v) is 11.7. The van der Waals surface area contributed by atoms with Crippen LogP contribution >= 0.6 is 11.3 Å². The lowest BCUT2D eigenvalue weighted by atomic mass is 10.0. The van der Waals surface area contributed by atoms with Crippen LogP contribution < -0.4 is 0 Å². The third-order valence-corrected chi connectivity index (χ3v) is 4.24. The minimum absolute atomic E-state index is 0.0834. The maximum atomic E-state index is 12.4. The zero-order valence-electron chi connectivity index (χ0n) is 10.9. The number of hydrogen-bond acceptors (Lipinski definition) is 6. The number of methoxy groups -OCH3 is 1. The number of esters is 1. The second kappa shape index (κ2) is 6.00. The molecule has 1 saturated heterocycles. The van der Waals surface area contributed by atoms with Gasteiger partial charge in [-0.25, -0.2) is 4.79 Å². The lowest BCUT2D eigenvalue weighted by molar-refractivity contribution is -0.380. The van der Waals surface area contributed by atoms with Gasteiger partial charge in [0.2, 0.25) is 0 Å². The molecule has 0 unspecified atom stereocenters. The summed E-state index contributed by atoms with van der Waals surface area (Å²) in [5.41, 5.74) is 0. The Hall–Kier alpha value is -1.96. The number of amides is 1. The first-order chi connectivity index (χ1) is 9.54. The first kappa shape index (κ1) is 14.4. The summed E-state index contributed by atoms with van der Waals surface area (Å²) in [5, 5.41) is 10.6. The van der Waals surface area contributed by atoms with Gasteiger partial charge in [0.15, 0.2) is 0 Å². The van der Waals surface area contributed by atoms with E-state index in [1.165, 1.54) is 24.1 Å². The maximum Gasteiger partial charge on any atom is 0.328 e. The van der Waals surface area contributed by atoms with E-state index in [1.807, 2.05) is 0 Å². The van der Waals surface area contributed by atoms with Gasteiger partial charge in [-0.15, -0.1) is 0 Å². The largest absolute Gasteiger partial charge is 0.467 e. The van der Waals surface area contributed by atoms with Gasteiger partial charge in [0, 0.05) is 12.6 Å². The zero-order chi connectivity index (χ0) is 14.7. The van der Waals surface area contributed by atoms with Crippen molar-refractivity contribution in [2.75, 3.05) is 13.7 Å². The Morgan fingerprint density at radius 3 is 2.80 bits per heavy atom. The summed E-state index contributed by atoms with van der Waals surface area (Å²) >= 11 is 0.822. The predicted octanol–water partition coefficient (Wildman–Crippen LogP) is 1.82. The Kier molecular flexibility index (Phi) is 4.33. The minimum Gasteiger partial charge on any atom is -0.467 e. The fraction of sp³-hybridized carbons (Fsp3) is 0.500. The van der Waals surface area contributed by atoms with Gasteiger partial charge in [-0.2, -0.15) is 0 Å². The molecule has 0 saturated carbocycles. The molecule has 1 aliphatic rings. The quantitative estimate of drug-likeness (QED) is 0.482. The van der Waals surface area contributed by atoms with Gasteiger partial charge in [0.25, 0.3) is 5.91 Å². The monoisotopic (exact) mass is 298 g/mol. The number of hydrogen-bond donors (Lipinski definition) is 0. The summed E-state index contributed by atoms with van der Waals surface area (Å²) in [6, 6.07) is 2.13. The molecule has 7 nitrogen and oxygen atoms in total. The minimum atomic E-state index is -0.595. The van der Waals surface area contributed by atoms with Crippen molar-refractivity contribution in [3.63, 3.8) is 0 Å². The van der Waals surface area contributed by atoms with Crippen LogP contribution in [0.2, 0.25) is 0 Å². The van der Waals surface area contributed by atoms with E-state index in [4.69, 9.17) is 4.74 Å². The molecular weight excluding hydrogens is 284 g/mol. The van der Waals surface area contributed by atoms with Crippen LogP contribution in [-0.2, 0) is 9.53 Å². The van der Waals surface area contributed by atoms with Crippen molar-refractivity contribution >= 4 is 28.2 Å². The van der Waals surface area contributed by atoms with Crippen LogP contribution in [-0.4, -0.2) is 41.4 Å². The number of likely N-dealkylation sites (tertiary alicyclic amines) is 1. The number of nitrogens with zero attached hydrogens (tertiary/aromatic N) is 2. The highest BCUT2D eigenvalue weighted by Gasteiger charge is 2.34. The summed E-state index contributed by atoms with van der Waals surface area (Å²) < 4.78 is 4.71. The van der Waals surface area contributed by atoms with Gasteiger partial charge in [0.05, 0.1) is 16.9 Å². The van der Waals surface area contributed by atoms with Crippen LogP contribution in [0.5, 0.6) is 0 Å². The van der Waals surface area contributed by atoms with Gasteiger partial charge < -0.3 is 9.64 Å². The SMILES string of the molecule is COC(=O)[C@H]1CCCCN1C(=O)c1ccc([N+](=O)[O-])s1. The summed E-state index contributed by atoms with van der Waals surface area (Å²) in [6.07, 6.45) is 2.23. The molecule has 0 aliphatic carbocycles. The summed E-state index contributed by atoms with van der Waals surface area (Å²) in [7, 11) is 1.29. The summed E-state index contributed by atoms with van der Waals surface area (Å²) in [6.45, 7) is 0.463. The first-order valence-electron chi connectivity index (χ1n) is 6.17. The first-order valence-corrected chi connectivity index (χ1v) is 6.99. The van der Waals surface area contributed by atoms with Crippen LogP contribution in [0.15, 0.2) is 12.1 Å². The van der Waals surface area contributed by atoms with E-state index in [2.05, 4.69) is 0 Å². The van der Waals surface area contributed by atoms with Crippen molar-refractivity contribution in [3.05, 3.63) is 27.1 Å². The number of rotatable bonds is 3. The molecule has 1 amide bonds. The Labute approximate surface area is 119 Å². The molecule has 2 rings (SSSR count). The van der Waals surface area contributed by atoms with Crippen molar-refractivity contribution in [2.45, 2.75) is 25.3 Å².